The number of alkyl carbamates (subject to hydrolysis) is 1. The fourth-order valence-corrected chi connectivity index (χ4v) is 15.0. The highest BCUT2D eigenvalue weighted by atomic mass is 35.5. The lowest BCUT2D eigenvalue weighted by Gasteiger charge is -2.32. The molecule has 8 aromatic carbocycles. The van der Waals surface area contributed by atoms with Crippen LogP contribution >= 0.6 is 23.2 Å². The second-order valence-electron chi connectivity index (χ2n) is 33.2. The molecule has 2 aliphatic rings. The number of halogens is 2. The van der Waals surface area contributed by atoms with Crippen LogP contribution in [0.15, 0.2) is 170 Å². The lowest BCUT2D eigenvalue weighted by Crippen LogP contribution is -2.45. The maximum absolute atomic E-state index is 15.0. The monoisotopic (exact) mass is 1700 g/mol. The third-order valence-electron chi connectivity index (χ3n) is 21.3. The fourth-order valence-electron chi connectivity index (χ4n) is 14.8. The predicted octanol–water partition coefficient (Wildman–Crippen LogP) is 16.4. The number of aromatic hydroxyl groups is 2. The van der Waals surface area contributed by atoms with Crippen molar-refractivity contribution in [1.82, 2.24) is 25.8 Å². The number of Topliss-reactive ketones (excluding diaryl/α,β-unsaturated/α-hetero) is 4. The van der Waals surface area contributed by atoms with Crippen molar-refractivity contribution >= 4 is 94.2 Å². The Labute approximate surface area is 720 Å². The maximum Gasteiger partial charge on any atom is 0.514 e. The van der Waals surface area contributed by atoms with Gasteiger partial charge in [-0.3, -0.25) is 38.4 Å². The molecule has 122 heavy (non-hydrogen) atoms. The summed E-state index contributed by atoms with van der Waals surface area (Å²) in [5.74, 6) is -10.5. The van der Waals surface area contributed by atoms with E-state index in [0.29, 0.717) is 98.8 Å². The molecule has 644 valence electrons. The zero-order valence-electron chi connectivity index (χ0n) is 70.3. The average molecular weight is 1710 g/mol. The van der Waals surface area contributed by atoms with Crippen LogP contribution in [-0.4, -0.2) is 152 Å². The van der Waals surface area contributed by atoms with E-state index in [1.807, 2.05) is 55.5 Å². The number of phenolic OH excluding ortho intramolecular Hbond substituents is 2. The smallest absolute Gasteiger partial charge is 0.507 e. The molecule has 2 aliphatic heterocycles. The standard InChI is InChI=1S/C53H62ClN3O11.C42H44ClN3O8/c1-31-13-14-33-27-40(31)41-29-37(21-24-45(41)66-51(65)68-53(6,7)8)46(44(59)26-32(2)47(60)56-42(28-33)49(62)63)57(9)48(61)38(12-10-11-25-55-50(64)67-52(3,4)5)30-43(58)36-17-15-34(16-18-36)35-19-22-39(54)23-20-35;1-24-19-38(50)39(29-13-17-36(48)33(22-29)32-20-25(6-16-35(32)47)21-34(42(53)54)45-40(24)51)46(2)41(52)30(5-3-4-18-44)23-37(49)28-9-7-26(8-10-28)27-11-14-31(43)15-12-27/h13-24,27,29,32,38,42,46H,10-12,25-26,28,30H2,1-9H3,(H,55,64)(H,56,60)(H,62,63);6-17,20,22,24,30,34,39,47-48H,3-5,18-19,21,23,44H2,1-2H3,(H,45,51)(H,53,54)/t32-,38-,42+,46+;24-,30-,34+,39+/m11/s1. The number of hydrogen-bond acceptors (Lipinski definition) is 18. The van der Waals surface area contributed by atoms with Gasteiger partial charge < -0.3 is 66.1 Å². The van der Waals surface area contributed by atoms with Gasteiger partial charge in [-0.25, -0.2) is 19.2 Å². The Morgan fingerprint density at radius 1 is 0.500 bits per heavy atom. The molecule has 8 aromatic rings. The number of aryl methyl sites for hydroxylation is 1. The number of amides is 5. The summed E-state index contributed by atoms with van der Waals surface area (Å²) in [6.07, 6.45) is -0.250. The van der Waals surface area contributed by atoms with E-state index in [9.17, 15) is 73.2 Å². The van der Waals surface area contributed by atoms with Crippen LogP contribution in [0.25, 0.3) is 44.5 Å². The lowest BCUT2D eigenvalue weighted by atomic mass is 9.87. The van der Waals surface area contributed by atoms with Crippen molar-refractivity contribution < 1.29 is 92.2 Å². The van der Waals surface area contributed by atoms with Crippen LogP contribution in [0, 0.1) is 30.6 Å². The Hall–Kier alpha value is -12.1. The Bertz CT molecular complexity index is 5180. The summed E-state index contributed by atoms with van der Waals surface area (Å²) < 4.78 is 16.6. The zero-order valence-corrected chi connectivity index (χ0v) is 71.8. The number of carboxylic acids is 2. The molecule has 0 radical (unpaired) electrons. The second-order valence-corrected chi connectivity index (χ2v) is 34.1. The molecule has 8 atom stereocenters. The van der Waals surface area contributed by atoms with Gasteiger partial charge in [0.25, 0.3) is 0 Å². The summed E-state index contributed by atoms with van der Waals surface area (Å²) in [7, 11) is 2.93. The summed E-state index contributed by atoms with van der Waals surface area (Å²) in [6.45, 7) is 15.8. The number of carbonyl (C=O) groups excluding carboxylic acids is 10. The molecule has 8 bridgehead atoms. The van der Waals surface area contributed by atoms with E-state index in [1.165, 1.54) is 80.2 Å². The molecule has 0 fully saturated rings. The summed E-state index contributed by atoms with van der Waals surface area (Å²) in [5, 5.41) is 50.9. The van der Waals surface area contributed by atoms with E-state index in [2.05, 4.69) is 16.0 Å². The lowest BCUT2D eigenvalue weighted by molar-refractivity contribution is -0.144. The third-order valence-corrected chi connectivity index (χ3v) is 21.8. The first-order valence-corrected chi connectivity index (χ1v) is 41.3. The highest BCUT2D eigenvalue weighted by Crippen LogP contribution is 2.42. The number of unbranched alkanes of at least 4 members (excludes halogenated alkanes) is 2. The molecule has 0 unspecified atom stereocenters. The number of nitrogens with zero attached hydrogens (tertiary/aromatic N) is 2. The molecule has 9 N–H and O–H groups in total. The topological polar surface area (TPSA) is 382 Å². The van der Waals surface area contributed by atoms with Crippen molar-refractivity contribution in [2.24, 2.45) is 29.4 Å². The minimum absolute atomic E-state index is 0.0810. The molecule has 0 saturated carbocycles. The molecular formula is C95H106Cl2N6O19. The average Bonchev–Trinajstić information content (AvgIpc) is 0.780. The number of fused-ring (bicyclic) bond motifs is 10. The van der Waals surface area contributed by atoms with Gasteiger partial charge >= 0.3 is 24.2 Å². The van der Waals surface area contributed by atoms with Crippen LogP contribution in [-0.2, 0) is 60.7 Å². The summed E-state index contributed by atoms with van der Waals surface area (Å²) >= 11 is 12.1. The molecule has 27 heteroatoms. The first-order chi connectivity index (χ1) is 57.6. The fraction of sp³-hybridized carbons (Fsp3) is 0.368. The molecule has 5 amide bonds. The number of ether oxygens (including phenoxy) is 3. The molecule has 0 spiro atoms. The quantitative estimate of drug-likeness (QED) is 0.0121. The van der Waals surface area contributed by atoms with E-state index in [1.54, 1.807) is 120 Å². The Morgan fingerprint density at radius 2 is 0.893 bits per heavy atom. The zero-order chi connectivity index (χ0) is 89.2. The van der Waals surface area contributed by atoms with E-state index < -0.39 is 118 Å². The molecular weight excluding hydrogens is 1600 g/mol. The van der Waals surface area contributed by atoms with Gasteiger partial charge in [-0.2, -0.15) is 0 Å². The van der Waals surface area contributed by atoms with Gasteiger partial charge in [-0.1, -0.05) is 159 Å². The van der Waals surface area contributed by atoms with Gasteiger partial charge in [0.15, 0.2) is 23.1 Å². The molecule has 10 rings (SSSR count). The second kappa shape index (κ2) is 42.0. The van der Waals surface area contributed by atoms with E-state index in [0.717, 1.165) is 22.3 Å². The van der Waals surface area contributed by atoms with Crippen molar-refractivity contribution in [3.63, 3.8) is 0 Å². The third kappa shape index (κ3) is 25.8. The first-order valence-electron chi connectivity index (χ1n) is 40.6. The van der Waals surface area contributed by atoms with Crippen molar-refractivity contribution in [1.29, 1.82) is 0 Å². The number of nitrogens with two attached hydrogens (primary N) is 1. The van der Waals surface area contributed by atoms with Gasteiger partial charge in [0, 0.05) is 121 Å². The Kier molecular flexibility index (Phi) is 32.3. The van der Waals surface area contributed by atoms with Gasteiger partial charge in [-0.15, -0.1) is 0 Å². The number of aliphatic carboxylic acids is 2. The number of benzene rings is 8. The van der Waals surface area contributed by atoms with E-state index >= 15 is 4.79 Å². The summed E-state index contributed by atoms with van der Waals surface area (Å²) in [6, 6.07) is 42.2. The minimum Gasteiger partial charge on any atom is -0.507 e. The normalized spacial score (nSPS) is 17.3. The maximum atomic E-state index is 15.0. The van der Waals surface area contributed by atoms with E-state index in [-0.39, 0.29) is 91.4 Å². The summed E-state index contributed by atoms with van der Waals surface area (Å²) in [5.41, 5.74) is 12.2. The number of ketones is 4. The number of carboxylic acid groups (broad SMARTS) is 2. The van der Waals surface area contributed by atoms with Gasteiger partial charge in [0.05, 0.1) is 0 Å². The number of likely N-dealkylation sites (N-methyl/N-ethyl adjacent to an activating group) is 2. The van der Waals surface area contributed by atoms with Crippen LogP contribution < -0.4 is 26.4 Å². The van der Waals surface area contributed by atoms with Crippen molar-refractivity contribution in [3.05, 3.63) is 219 Å². The number of carbonyl (C=O) groups is 12. The van der Waals surface area contributed by atoms with Crippen LogP contribution in [0.5, 0.6) is 17.2 Å². The number of rotatable bonds is 24. The SMILES string of the molecule is C[C@@H]1CC(=O)[C@@H](N(C)C(=O)[C@H](CCCCN)CC(=O)c2ccc(-c3ccc(Cl)cc3)cc2)c2ccc(O)c(c2)-c2cc(ccc2O)C[C@@H](C(=O)O)NC1=O.Cc1ccc2cc1-c1cc(ccc1OC(=O)OC(C)(C)C)[C@H](N(C)C(=O)[C@H](CCCCNC(=O)OC(C)(C)C)CC(=O)c1ccc(-c3ccc(Cl)cc3)cc1)C(=O)C[C@@H](C)C(=O)N[C@H](C(=O)O)C2. The van der Waals surface area contributed by atoms with Gasteiger partial charge in [0.1, 0.15) is 52.6 Å². The Balaban J connectivity index is 0.000000284. The van der Waals surface area contributed by atoms with E-state index in [4.69, 9.17) is 43.1 Å². The van der Waals surface area contributed by atoms with Crippen LogP contribution in [0.3, 0.4) is 0 Å². The molecule has 25 nitrogen and oxygen atoms in total. The van der Waals surface area contributed by atoms with Gasteiger partial charge in [0.2, 0.25) is 23.6 Å². The number of phenols is 2. The molecule has 0 aliphatic carbocycles. The molecule has 0 saturated heterocycles. The largest absolute Gasteiger partial charge is 0.514 e. The van der Waals surface area contributed by atoms with Crippen molar-refractivity contribution in [2.45, 2.75) is 175 Å². The first kappa shape index (κ1) is 93.8. The minimum atomic E-state index is -1.34. The van der Waals surface area contributed by atoms with Crippen LogP contribution in [0.2, 0.25) is 10.0 Å². The van der Waals surface area contributed by atoms with Crippen LogP contribution in [0.4, 0.5) is 9.59 Å². The highest BCUT2D eigenvalue weighted by molar-refractivity contribution is 6.31. The number of nitrogens with one attached hydrogen (secondary N) is 3. The van der Waals surface area contributed by atoms with Crippen LogP contribution in [0.1, 0.15) is 180 Å². The van der Waals surface area contributed by atoms with Gasteiger partial charge in [-0.05, 0) is 197 Å². The number of hydrogen-bond donors (Lipinski definition) is 8. The molecule has 2 heterocycles. The van der Waals surface area contributed by atoms with Crippen molar-refractivity contribution in [3.8, 4) is 61.8 Å². The molecule has 0 aromatic heterocycles. The summed E-state index contributed by atoms with van der Waals surface area (Å²) in [4.78, 5) is 166. The predicted molar refractivity (Wildman–Crippen MR) is 463 cm³/mol. The highest BCUT2D eigenvalue weighted by Gasteiger charge is 2.40. The Morgan fingerprint density at radius 3 is 1.33 bits per heavy atom. The van der Waals surface area contributed by atoms with Crippen molar-refractivity contribution in [2.75, 3.05) is 27.2 Å².